The monoisotopic (exact) mass is 337 g/mol. The second-order valence-electron chi connectivity index (χ2n) is 6.59. The highest BCUT2D eigenvalue weighted by Gasteiger charge is 2.48. The maximum absolute atomic E-state index is 12.8. The molecule has 1 aliphatic carbocycles. The summed E-state index contributed by atoms with van der Waals surface area (Å²) in [5, 5.41) is 0. The van der Waals surface area contributed by atoms with Crippen LogP contribution in [-0.4, -0.2) is 29.0 Å². The first kappa shape index (κ1) is 17.2. The van der Waals surface area contributed by atoms with Crippen molar-refractivity contribution in [1.29, 1.82) is 0 Å². The molecule has 1 fully saturated rings. The fourth-order valence-corrected chi connectivity index (χ4v) is 3.44. The van der Waals surface area contributed by atoms with Crippen molar-refractivity contribution in [3.05, 3.63) is 72.9 Å². The lowest BCUT2D eigenvalue weighted by molar-refractivity contribution is -0.133. The van der Waals surface area contributed by atoms with Crippen molar-refractivity contribution in [2.75, 3.05) is 0 Å². The number of carbonyl (C=O) groups excluding carboxylic acids is 2. The summed E-state index contributed by atoms with van der Waals surface area (Å²) >= 11 is 0. The Labute approximate surface area is 148 Å². The van der Waals surface area contributed by atoms with Gasteiger partial charge in [0.05, 0.1) is 6.04 Å². The van der Waals surface area contributed by atoms with E-state index in [-0.39, 0.29) is 29.9 Å². The maximum Gasteiger partial charge on any atom is 0.417 e. The largest absolute Gasteiger partial charge is 0.443 e. The first-order chi connectivity index (χ1) is 12.1. The Morgan fingerprint density at radius 1 is 1.28 bits per heavy atom. The molecule has 0 saturated carbocycles. The van der Waals surface area contributed by atoms with Crippen LogP contribution in [0.3, 0.4) is 0 Å². The number of amides is 2. The van der Waals surface area contributed by atoms with Gasteiger partial charge in [-0.2, -0.15) is 0 Å². The molecule has 1 aliphatic heterocycles. The highest BCUT2D eigenvalue weighted by atomic mass is 16.6. The van der Waals surface area contributed by atoms with Gasteiger partial charge in [0.1, 0.15) is 6.10 Å². The van der Waals surface area contributed by atoms with E-state index in [0.29, 0.717) is 12.8 Å². The Morgan fingerprint density at radius 3 is 2.60 bits per heavy atom. The fourth-order valence-electron chi connectivity index (χ4n) is 3.44. The lowest BCUT2D eigenvalue weighted by Gasteiger charge is -2.27. The number of imide groups is 1. The molecule has 0 bridgehead atoms. The molecule has 0 spiro atoms. The summed E-state index contributed by atoms with van der Waals surface area (Å²) in [7, 11) is 0. The highest BCUT2D eigenvalue weighted by molar-refractivity contribution is 5.95. The third kappa shape index (κ3) is 3.58. The van der Waals surface area contributed by atoms with Gasteiger partial charge >= 0.3 is 6.09 Å². The van der Waals surface area contributed by atoms with E-state index in [2.05, 4.69) is 6.58 Å². The van der Waals surface area contributed by atoms with Crippen molar-refractivity contribution >= 4 is 12.0 Å². The number of nitrogens with zero attached hydrogens (tertiary/aromatic N) is 1. The minimum atomic E-state index is -0.541. The summed E-state index contributed by atoms with van der Waals surface area (Å²) in [6.45, 7) is 5.51. The quantitative estimate of drug-likeness (QED) is 0.740. The summed E-state index contributed by atoms with van der Waals surface area (Å²) in [6, 6.07) is 9.58. The average Bonchev–Trinajstić information content (AvgIpc) is 3.24. The van der Waals surface area contributed by atoms with Crippen LogP contribution in [0.1, 0.15) is 18.9 Å². The fraction of sp³-hybridized carbons (Fsp3) is 0.333. The number of hydrogen-bond donors (Lipinski definition) is 0. The lowest BCUT2D eigenvalue weighted by Crippen LogP contribution is -2.46. The minimum Gasteiger partial charge on any atom is -0.443 e. The number of hydrogen-bond acceptors (Lipinski definition) is 3. The van der Waals surface area contributed by atoms with Crippen LogP contribution in [-0.2, 0) is 16.0 Å². The van der Waals surface area contributed by atoms with E-state index in [9.17, 15) is 9.59 Å². The number of allylic oxidation sites excluding steroid dienone is 3. The molecule has 2 aliphatic rings. The van der Waals surface area contributed by atoms with Crippen molar-refractivity contribution in [2.45, 2.75) is 31.9 Å². The molecule has 4 nitrogen and oxygen atoms in total. The summed E-state index contributed by atoms with van der Waals surface area (Å²) in [4.78, 5) is 26.7. The predicted molar refractivity (Wildman–Crippen MR) is 96.8 cm³/mol. The molecule has 4 heteroatoms. The molecule has 0 unspecified atom stereocenters. The van der Waals surface area contributed by atoms with Crippen molar-refractivity contribution in [3.8, 4) is 0 Å². The molecule has 0 radical (unpaired) electrons. The second kappa shape index (κ2) is 7.51. The van der Waals surface area contributed by atoms with Gasteiger partial charge in [-0.1, -0.05) is 67.6 Å². The van der Waals surface area contributed by atoms with Crippen LogP contribution in [0.5, 0.6) is 0 Å². The van der Waals surface area contributed by atoms with E-state index in [0.717, 1.165) is 5.56 Å². The van der Waals surface area contributed by atoms with Gasteiger partial charge in [-0.15, -0.1) is 6.58 Å². The molecule has 0 N–H and O–H groups in total. The molecule has 1 aromatic rings. The zero-order chi connectivity index (χ0) is 17.8. The zero-order valence-electron chi connectivity index (χ0n) is 14.4. The van der Waals surface area contributed by atoms with Crippen LogP contribution in [0.2, 0.25) is 0 Å². The Balaban J connectivity index is 1.89. The average molecular weight is 337 g/mol. The molecular weight excluding hydrogens is 314 g/mol. The normalized spacial score (nSPS) is 23.7. The van der Waals surface area contributed by atoms with Gasteiger partial charge in [0, 0.05) is 11.8 Å². The maximum atomic E-state index is 12.8. The number of benzene rings is 1. The summed E-state index contributed by atoms with van der Waals surface area (Å²) in [5.74, 6) is -0.485. The number of ether oxygens (including phenoxy) is 1. The molecule has 3 rings (SSSR count). The summed E-state index contributed by atoms with van der Waals surface area (Å²) < 4.78 is 5.63. The van der Waals surface area contributed by atoms with Crippen molar-refractivity contribution in [1.82, 2.24) is 4.90 Å². The van der Waals surface area contributed by atoms with Crippen LogP contribution >= 0.6 is 0 Å². The van der Waals surface area contributed by atoms with E-state index in [1.165, 1.54) is 4.90 Å². The molecule has 3 atom stereocenters. The number of rotatable bonds is 6. The zero-order valence-corrected chi connectivity index (χ0v) is 14.4. The third-order valence-corrected chi connectivity index (χ3v) is 4.77. The molecule has 1 aromatic carbocycles. The molecule has 2 amide bonds. The molecular formula is C21H23NO3. The molecule has 1 saturated heterocycles. The van der Waals surface area contributed by atoms with Crippen molar-refractivity contribution in [2.24, 2.45) is 11.8 Å². The van der Waals surface area contributed by atoms with Gasteiger partial charge < -0.3 is 4.74 Å². The SMILES string of the molecule is C=CC[C@H](C)C(=O)N1C(=O)O[C@@H](C2C=CC=C2)[C@H]1Cc1ccccc1. The highest BCUT2D eigenvalue weighted by Crippen LogP contribution is 2.32. The Morgan fingerprint density at radius 2 is 1.96 bits per heavy atom. The topological polar surface area (TPSA) is 46.6 Å². The smallest absolute Gasteiger partial charge is 0.417 e. The Kier molecular flexibility index (Phi) is 5.17. The van der Waals surface area contributed by atoms with Gasteiger partial charge in [0.15, 0.2) is 0 Å². The first-order valence-corrected chi connectivity index (χ1v) is 8.65. The Hall–Kier alpha value is -2.62. The second-order valence-corrected chi connectivity index (χ2v) is 6.59. The van der Waals surface area contributed by atoms with Gasteiger partial charge in [-0.25, -0.2) is 9.69 Å². The number of cyclic esters (lactones) is 1. The van der Waals surface area contributed by atoms with Crippen LogP contribution in [0.15, 0.2) is 67.3 Å². The molecule has 0 aromatic heterocycles. The van der Waals surface area contributed by atoms with E-state index < -0.39 is 6.09 Å². The van der Waals surface area contributed by atoms with Crippen LogP contribution in [0, 0.1) is 11.8 Å². The van der Waals surface area contributed by atoms with E-state index in [1.807, 2.05) is 61.6 Å². The predicted octanol–water partition coefficient (Wildman–Crippen LogP) is 3.90. The van der Waals surface area contributed by atoms with Gasteiger partial charge in [-0.05, 0) is 18.4 Å². The van der Waals surface area contributed by atoms with E-state index in [1.54, 1.807) is 6.08 Å². The lowest BCUT2D eigenvalue weighted by atomic mass is 9.91. The van der Waals surface area contributed by atoms with Gasteiger partial charge in [-0.3, -0.25) is 4.79 Å². The Bertz CT molecular complexity index is 695. The van der Waals surface area contributed by atoms with Crippen molar-refractivity contribution < 1.29 is 14.3 Å². The van der Waals surface area contributed by atoms with E-state index >= 15 is 0 Å². The summed E-state index contributed by atoms with van der Waals surface area (Å²) in [6.07, 6.45) is 9.84. The molecule has 1 heterocycles. The summed E-state index contributed by atoms with van der Waals surface area (Å²) in [5.41, 5.74) is 1.08. The van der Waals surface area contributed by atoms with Gasteiger partial charge in [0.25, 0.3) is 0 Å². The van der Waals surface area contributed by atoms with Gasteiger partial charge in [0.2, 0.25) is 5.91 Å². The van der Waals surface area contributed by atoms with Crippen LogP contribution in [0.25, 0.3) is 0 Å². The first-order valence-electron chi connectivity index (χ1n) is 8.65. The standard InChI is InChI=1S/C21H23NO3/c1-3-9-15(2)20(23)22-18(14-16-10-5-4-6-11-16)19(25-21(22)24)17-12-7-8-13-17/h3-8,10-13,15,17-19H,1,9,14H2,2H3/t15-,18+,19-/m0/s1. The third-order valence-electron chi connectivity index (χ3n) is 4.77. The van der Waals surface area contributed by atoms with Crippen LogP contribution in [0.4, 0.5) is 4.79 Å². The van der Waals surface area contributed by atoms with E-state index in [4.69, 9.17) is 4.74 Å². The van der Waals surface area contributed by atoms with Crippen molar-refractivity contribution in [3.63, 3.8) is 0 Å². The number of carbonyl (C=O) groups is 2. The van der Waals surface area contributed by atoms with Crippen LogP contribution < -0.4 is 0 Å². The molecule has 25 heavy (non-hydrogen) atoms. The minimum absolute atomic E-state index is 0.00479. The molecule has 130 valence electrons.